The first-order valence-electron chi connectivity index (χ1n) is 6.91. The summed E-state index contributed by atoms with van der Waals surface area (Å²) in [5.74, 6) is 1.53. The molecule has 20 heavy (non-hydrogen) atoms. The highest BCUT2D eigenvalue weighted by Gasteiger charge is 2.09. The van der Waals surface area contributed by atoms with Crippen LogP contribution >= 0.6 is 11.6 Å². The lowest BCUT2D eigenvalue weighted by Crippen LogP contribution is -2.22. The zero-order valence-electron chi connectivity index (χ0n) is 12.2. The van der Waals surface area contributed by atoms with E-state index in [0.717, 1.165) is 17.4 Å². The summed E-state index contributed by atoms with van der Waals surface area (Å²) < 4.78 is 1.96. The summed E-state index contributed by atoms with van der Waals surface area (Å²) in [5, 5.41) is 8.50. The summed E-state index contributed by atoms with van der Waals surface area (Å²) >= 11 is 5.90. The average Bonchev–Trinajstić information content (AvgIpc) is 2.83. The molecule has 0 saturated heterocycles. The van der Waals surface area contributed by atoms with Gasteiger partial charge in [0.15, 0.2) is 0 Å². The number of hydrogen-bond acceptors (Lipinski definition) is 3. The Balaban J connectivity index is 1.95. The van der Waals surface area contributed by atoms with Gasteiger partial charge >= 0.3 is 0 Å². The highest BCUT2D eigenvalue weighted by Crippen LogP contribution is 2.16. The molecule has 1 atom stereocenters. The first-order valence-corrected chi connectivity index (χ1v) is 7.29. The van der Waals surface area contributed by atoms with E-state index in [0.29, 0.717) is 12.5 Å². The summed E-state index contributed by atoms with van der Waals surface area (Å²) in [4.78, 5) is 4.32. The topological polar surface area (TPSA) is 42.7 Å². The third-order valence-corrected chi connectivity index (χ3v) is 3.42. The zero-order chi connectivity index (χ0) is 14.5. The molecule has 4 nitrogen and oxygen atoms in total. The fourth-order valence-corrected chi connectivity index (χ4v) is 2.16. The molecule has 1 heterocycles. The summed E-state index contributed by atoms with van der Waals surface area (Å²) in [6.07, 6.45) is 1.62. The van der Waals surface area contributed by atoms with Gasteiger partial charge < -0.3 is 5.32 Å². The maximum absolute atomic E-state index is 5.90. The van der Waals surface area contributed by atoms with Gasteiger partial charge in [0.2, 0.25) is 0 Å². The third-order valence-electron chi connectivity index (χ3n) is 3.17. The molecule has 0 radical (unpaired) electrons. The molecule has 0 saturated carbocycles. The van der Waals surface area contributed by atoms with Gasteiger partial charge in [0.1, 0.15) is 12.2 Å². The molecule has 0 amide bonds. The van der Waals surface area contributed by atoms with Crippen LogP contribution in [0.2, 0.25) is 5.02 Å². The van der Waals surface area contributed by atoms with Gasteiger partial charge in [-0.1, -0.05) is 37.6 Å². The molecule has 108 valence electrons. The Kier molecular flexibility index (Phi) is 5.15. The van der Waals surface area contributed by atoms with Crippen LogP contribution in [0.1, 0.15) is 38.2 Å². The van der Waals surface area contributed by atoms with Gasteiger partial charge in [0, 0.05) is 17.6 Å². The van der Waals surface area contributed by atoms with E-state index in [2.05, 4.69) is 36.2 Å². The maximum atomic E-state index is 5.90. The number of rotatable bonds is 6. The Hall–Kier alpha value is -1.39. The van der Waals surface area contributed by atoms with Crippen LogP contribution < -0.4 is 5.32 Å². The largest absolute Gasteiger partial charge is 0.303 e. The molecule has 1 N–H and O–H groups in total. The fourth-order valence-electron chi connectivity index (χ4n) is 2.04. The van der Waals surface area contributed by atoms with E-state index < -0.39 is 0 Å². The van der Waals surface area contributed by atoms with Gasteiger partial charge in [0.05, 0.1) is 6.54 Å². The monoisotopic (exact) mass is 292 g/mol. The van der Waals surface area contributed by atoms with Crippen molar-refractivity contribution in [2.75, 3.05) is 0 Å². The average molecular weight is 293 g/mol. The second-order valence-corrected chi connectivity index (χ2v) is 5.84. The van der Waals surface area contributed by atoms with Crippen molar-refractivity contribution in [2.45, 2.75) is 39.9 Å². The quantitative estimate of drug-likeness (QED) is 0.887. The van der Waals surface area contributed by atoms with Gasteiger partial charge in [-0.2, -0.15) is 5.10 Å². The first kappa shape index (κ1) is 15.0. The van der Waals surface area contributed by atoms with Crippen molar-refractivity contribution < 1.29 is 0 Å². The standard InChI is InChI=1S/C15H21ClN4/c1-11(2)9-20-15(18-10-19-20)8-17-12(3)13-4-6-14(16)7-5-13/h4-7,10-12,17H,8-9H2,1-3H3. The van der Waals surface area contributed by atoms with Crippen LogP contribution in [0.3, 0.4) is 0 Å². The van der Waals surface area contributed by atoms with Gasteiger partial charge in [-0.15, -0.1) is 0 Å². The Bertz CT molecular complexity index is 533. The van der Waals surface area contributed by atoms with Crippen LogP contribution in [0.4, 0.5) is 0 Å². The van der Waals surface area contributed by atoms with Crippen molar-refractivity contribution in [3.05, 3.63) is 47.0 Å². The molecule has 0 bridgehead atoms. The lowest BCUT2D eigenvalue weighted by Gasteiger charge is -2.15. The lowest BCUT2D eigenvalue weighted by atomic mass is 10.1. The second-order valence-electron chi connectivity index (χ2n) is 5.41. The van der Waals surface area contributed by atoms with Crippen LogP contribution in [0.15, 0.2) is 30.6 Å². The SMILES string of the molecule is CC(C)Cn1ncnc1CNC(C)c1ccc(Cl)cc1. The molecule has 0 fully saturated rings. The number of hydrogen-bond donors (Lipinski definition) is 1. The summed E-state index contributed by atoms with van der Waals surface area (Å²) in [5.41, 5.74) is 1.21. The molecule has 1 aromatic carbocycles. The molecule has 2 aromatic rings. The predicted molar refractivity (Wildman–Crippen MR) is 81.6 cm³/mol. The number of nitrogens with zero attached hydrogens (tertiary/aromatic N) is 3. The summed E-state index contributed by atoms with van der Waals surface area (Å²) in [6, 6.07) is 8.15. The van der Waals surface area contributed by atoms with E-state index in [1.165, 1.54) is 5.56 Å². The molecule has 1 unspecified atom stereocenters. The van der Waals surface area contributed by atoms with Gasteiger partial charge in [0.25, 0.3) is 0 Å². The molecule has 0 aliphatic carbocycles. The van der Waals surface area contributed by atoms with Gasteiger partial charge in [-0.05, 0) is 30.5 Å². The predicted octanol–water partition coefficient (Wildman–Crippen LogP) is 3.44. The Morgan fingerprint density at radius 3 is 2.55 bits per heavy atom. The van der Waals surface area contributed by atoms with Gasteiger partial charge in [-0.25, -0.2) is 9.67 Å². The van der Waals surface area contributed by atoms with Gasteiger partial charge in [-0.3, -0.25) is 0 Å². The first-order chi connectivity index (χ1) is 9.56. The van der Waals surface area contributed by atoms with E-state index in [4.69, 9.17) is 11.6 Å². The maximum Gasteiger partial charge on any atom is 0.140 e. The number of benzene rings is 1. The molecule has 0 aliphatic heterocycles. The minimum absolute atomic E-state index is 0.247. The minimum Gasteiger partial charge on any atom is -0.303 e. The van der Waals surface area contributed by atoms with Crippen molar-refractivity contribution >= 4 is 11.6 Å². The van der Waals surface area contributed by atoms with Crippen molar-refractivity contribution in [1.82, 2.24) is 20.1 Å². The Morgan fingerprint density at radius 2 is 1.90 bits per heavy atom. The van der Waals surface area contributed by atoms with E-state index in [9.17, 15) is 0 Å². The zero-order valence-corrected chi connectivity index (χ0v) is 12.9. The van der Waals surface area contributed by atoms with Crippen molar-refractivity contribution in [3.63, 3.8) is 0 Å². The minimum atomic E-state index is 0.247. The Morgan fingerprint density at radius 1 is 1.20 bits per heavy atom. The second kappa shape index (κ2) is 6.86. The van der Waals surface area contributed by atoms with Crippen LogP contribution in [0, 0.1) is 5.92 Å². The van der Waals surface area contributed by atoms with E-state index in [-0.39, 0.29) is 6.04 Å². The third kappa shape index (κ3) is 4.05. The van der Waals surface area contributed by atoms with Crippen molar-refractivity contribution in [1.29, 1.82) is 0 Å². The molecule has 0 spiro atoms. The smallest absolute Gasteiger partial charge is 0.140 e. The van der Waals surface area contributed by atoms with E-state index in [1.54, 1.807) is 6.33 Å². The normalized spacial score (nSPS) is 12.8. The molecule has 0 aliphatic rings. The fraction of sp³-hybridized carbons (Fsp3) is 0.467. The van der Waals surface area contributed by atoms with Crippen LogP contribution in [-0.4, -0.2) is 14.8 Å². The lowest BCUT2D eigenvalue weighted by molar-refractivity contribution is 0.449. The van der Waals surface area contributed by atoms with Crippen molar-refractivity contribution in [3.8, 4) is 0 Å². The Labute approximate surface area is 125 Å². The number of halogens is 1. The molecule has 5 heteroatoms. The molecule has 1 aromatic heterocycles. The highest BCUT2D eigenvalue weighted by molar-refractivity contribution is 6.30. The summed E-state index contributed by atoms with van der Waals surface area (Å²) in [7, 11) is 0. The molecular weight excluding hydrogens is 272 g/mol. The van der Waals surface area contributed by atoms with Crippen LogP contribution in [0.25, 0.3) is 0 Å². The molecule has 2 rings (SSSR count). The molecular formula is C15H21ClN4. The van der Waals surface area contributed by atoms with Crippen LogP contribution in [-0.2, 0) is 13.1 Å². The van der Waals surface area contributed by atoms with Crippen molar-refractivity contribution in [2.24, 2.45) is 5.92 Å². The summed E-state index contributed by atoms with van der Waals surface area (Å²) in [6.45, 7) is 8.08. The van der Waals surface area contributed by atoms with E-state index in [1.807, 2.05) is 28.9 Å². The van der Waals surface area contributed by atoms with E-state index >= 15 is 0 Å². The number of aromatic nitrogens is 3. The number of nitrogens with one attached hydrogen (secondary N) is 1. The van der Waals surface area contributed by atoms with Crippen LogP contribution in [0.5, 0.6) is 0 Å². The highest BCUT2D eigenvalue weighted by atomic mass is 35.5.